The van der Waals surface area contributed by atoms with Crippen LogP contribution >= 0.6 is 0 Å². The van der Waals surface area contributed by atoms with Crippen molar-refractivity contribution >= 4 is 12.0 Å². The second-order valence-electron chi connectivity index (χ2n) is 8.85. The maximum atomic E-state index is 13.5. The minimum Gasteiger partial charge on any atom is -0.461 e. The van der Waals surface area contributed by atoms with Crippen molar-refractivity contribution < 1.29 is 13.9 Å². The van der Waals surface area contributed by atoms with E-state index in [4.69, 9.17) is 10.5 Å². The molecule has 0 bridgehead atoms. The van der Waals surface area contributed by atoms with Crippen molar-refractivity contribution in [1.82, 2.24) is 4.98 Å². The van der Waals surface area contributed by atoms with E-state index in [1.807, 2.05) is 31.2 Å². The zero-order valence-electron chi connectivity index (χ0n) is 17.7. The Bertz CT molecular complexity index is 958. The largest absolute Gasteiger partial charge is 0.461 e. The standard InChI is InChI=1S/C25H29FN2O2/c1-4-21-15(2)13-25(27)23(16(3)30-24(25)29)22(21)11-10-20-9-8-18(14-28-20)17-6-5-7-19(26)12-17/h5-12,14-16,21-23H,4,13,27H2,1-3H3/b11-10+/t15-,16+,21+,22-,23-,25-/m0/s1. The normalized spacial score (nSPS) is 33.5. The van der Waals surface area contributed by atoms with Gasteiger partial charge in [-0.2, -0.15) is 0 Å². The summed E-state index contributed by atoms with van der Waals surface area (Å²) in [7, 11) is 0. The number of halogens is 1. The number of hydrogen-bond acceptors (Lipinski definition) is 4. The lowest BCUT2D eigenvalue weighted by Crippen LogP contribution is -2.59. The number of fused-ring (bicyclic) bond motifs is 1. The van der Waals surface area contributed by atoms with E-state index in [1.165, 1.54) is 12.1 Å². The summed E-state index contributed by atoms with van der Waals surface area (Å²) in [6, 6.07) is 10.4. The van der Waals surface area contributed by atoms with E-state index < -0.39 is 5.54 Å². The van der Waals surface area contributed by atoms with Gasteiger partial charge in [-0.1, -0.05) is 44.5 Å². The highest BCUT2D eigenvalue weighted by Gasteiger charge is 2.60. The Morgan fingerprint density at radius 3 is 2.73 bits per heavy atom. The number of aromatic nitrogens is 1. The third kappa shape index (κ3) is 3.56. The zero-order valence-corrected chi connectivity index (χ0v) is 17.7. The Labute approximate surface area is 177 Å². The highest BCUT2D eigenvalue weighted by atomic mass is 19.1. The number of allylic oxidation sites excluding steroid dienone is 1. The van der Waals surface area contributed by atoms with Crippen LogP contribution in [0, 0.1) is 29.5 Å². The van der Waals surface area contributed by atoms with Gasteiger partial charge in [-0.3, -0.25) is 9.78 Å². The van der Waals surface area contributed by atoms with E-state index in [9.17, 15) is 9.18 Å². The molecule has 6 atom stereocenters. The number of carbonyl (C=O) groups is 1. The van der Waals surface area contributed by atoms with Gasteiger partial charge in [0, 0.05) is 17.7 Å². The van der Waals surface area contributed by atoms with Gasteiger partial charge in [0.25, 0.3) is 0 Å². The number of rotatable bonds is 4. The van der Waals surface area contributed by atoms with Crippen LogP contribution < -0.4 is 5.73 Å². The molecule has 5 heteroatoms. The number of esters is 1. The third-order valence-electron chi connectivity index (χ3n) is 6.98. The summed E-state index contributed by atoms with van der Waals surface area (Å²) >= 11 is 0. The van der Waals surface area contributed by atoms with Crippen molar-refractivity contribution in [2.24, 2.45) is 29.4 Å². The molecule has 0 unspecified atom stereocenters. The van der Waals surface area contributed by atoms with Crippen molar-refractivity contribution in [3.63, 3.8) is 0 Å². The Morgan fingerprint density at radius 1 is 1.27 bits per heavy atom. The van der Waals surface area contributed by atoms with E-state index in [0.717, 1.165) is 23.2 Å². The summed E-state index contributed by atoms with van der Waals surface area (Å²) in [5, 5.41) is 0. The van der Waals surface area contributed by atoms with Crippen LogP contribution in [-0.4, -0.2) is 22.6 Å². The Kier molecular flexibility index (Phi) is 5.49. The van der Waals surface area contributed by atoms with E-state index in [0.29, 0.717) is 18.3 Å². The number of nitrogens with zero attached hydrogens (tertiary/aromatic N) is 1. The number of benzene rings is 1. The lowest BCUT2D eigenvalue weighted by atomic mass is 9.58. The summed E-state index contributed by atoms with van der Waals surface area (Å²) in [6.45, 7) is 6.33. The Balaban J connectivity index is 1.60. The molecule has 0 radical (unpaired) electrons. The van der Waals surface area contributed by atoms with Gasteiger partial charge >= 0.3 is 5.97 Å². The molecule has 0 spiro atoms. The molecule has 30 heavy (non-hydrogen) atoms. The maximum absolute atomic E-state index is 13.5. The molecule has 1 aliphatic heterocycles. The van der Waals surface area contributed by atoms with Gasteiger partial charge in [0.05, 0.1) is 5.69 Å². The molecular weight excluding hydrogens is 379 g/mol. The molecule has 2 fully saturated rings. The predicted molar refractivity (Wildman–Crippen MR) is 116 cm³/mol. The first kappa shape index (κ1) is 20.7. The first-order valence-electron chi connectivity index (χ1n) is 10.7. The second kappa shape index (κ2) is 7.95. The number of cyclic esters (lactones) is 1. The van der Waals surface area contributed by atoms with Gasteiger partial charge in [0.2, 0.25) is 0 Å². The summed E-state index contributed by atoms with van der Waals surface area (Å²) in [5.74, 6) is 0.362. The molecule has 2 aliphatic rings. The van der Waals surface area contributed by atoms with Crippen LogP contribution in [0.15, 0.2) is 48.7 Å². The van der Waals surface area contributed by atoms with E-state index in [1.54, 1.807) is 12.3 Å². The molecule has 0 amide bonds. The molecule has 2 aromatic rings. The minimum atomic E-state index is -0.909. The molecule has 158 valence electrons. The summed E-state index contributed by atoms with van der Waals surface area (Å²) in [4.78, 5) is 17.0. The van der Waals surface area contributed by atoms with Crippen LogP contribution in [0.2, 0.25) is 0 Å². The fourth-order valence-corrected chi connectivity index (χ4v) is 5.60. The molecule has 4 nitrogen and oxygen atoms in total. The van der Waals surface area contributed by atoms with Gasteiger partial charge in [-0.25, -0.2) is 4.39 Å². The van der Waals surface area contributed by atoms with Crippen LogP contribution in [0.1, 0.15) is 39.3 Å². The van der Waals surface area contributed by atoms with Crippen LogP contribution in [0.4, 0.5) is 4.39 Å². The third-order valence-corrected chi connectivity index (χ3v) is 6.98. The van der Waals surface area contributed by atoms with Crippen LogP contribution in [-0.2, 0) is 9.53 Å². The second-order valence-corrected chi connectivity index (χ2v) is 8.85. The smallest absolute Gasteiger partial charge is 0.326 e. The molecular formula is C25H29FN2O2. The van der Waals surface area contributed by atoms with Crippen molar-refractivity contribution in [2.45, 2.75) is 45.3 Å². The lowest BCUT2D eigenvalue weighted by Gasteiger charge is -2.46. The van der Waals surface area contributed by atoms with Gasteiger partial charge in [0.1, 0.15) is 17.5 Å². The summed E-state index contributed by atoms with van der Waals surface area (Å²) < 4.78 is 19.0. The highest BCUT2D eigenvalue weighted by Crippen LogP contribution is 2.51. The summed E-state index contributed by atoms with van der Waals surface area (Å²) in [6.07, 6.45) is 7.43. The molecule has 1 aromatic heterocycles. The molecule has 1 saturated carbocycles. The first-order valence-corrected chi connectivity index (χ1v) is 10.7. The fourth-order valence-electron chi connectivity index (χ4n) is 5.60. The highest BCUT2D eigenvalue weighted by molar-refractivity contribution is 5.84. The topological polar surface area (TPSA) is 65.2 Å². The quantitative estimate of drug-likeness (QED) is 0.735. The van der Waals surface area contributed by atoms with Crippen molar-refractivity contribution in [2.75, 3.05) is 0 Å². The average molecular weight is 409 g/mol. The summed E-state index contributed by atoms with van der Waals surface area (Å²) in [5.41, 5.74) is 8.19. The minimum absolute atomic E-state index is 0.0334. The molecule has 2 heterocycles. The van der Waals surface area contributed by atoms with Crippen molar-refractivity contribution in [3.8, 4) is 11.1 Å². The molecule has 1 aliphatic carbocycles. The van der Waals surface area contributed by atoms with Crippen molar-refractivity contribution in [3.05, 3.63) is 60.2 Å². The molecule has 1 aromatic carbocycles. The number of carbonyl (C=O) groups excluding carboxylic acids is 1. The molecule has 4 rings (SSSR count). The Hall–Kier alpha value is -2.53. The monoisotopic (exact) mass is 408 g/mol. The van der Waals surface area contributed by atoms with Crippen LogP contribution in [0.3, 0.4) is 0 Å². The lowest BCUT2D eigenvalue weighted by molar-refractivity contribution is -0.145. The molecule has 2 N–H and O–H groups in total. The van der Waals surface area contributed by atoms with Crippen LogP contribution in [0.25, 0.3) is 17.2 Å². The number of ether oxygens (including phenoxy) is 1. The van der Waals surface area contributed by atoms with E-state index in [2.05, 4.69) is 24.9 Å². The van der Waals surface area contributed by atoms with E-state index in [-0.39, 0.29) is 29.7 Å². The fraction of sp³-hybridized carbons (Fsp3) is 0.440. The predicted octanol–water partition coefficient (Wildman–Crippen LogP) is 4.84. The first-order chi connectivity index (χ1) is 14.3. The Morgan fingerprint density at radius 2 is 2.07 bits per heavy atom. The SMILES string of the molecule is CC[C@H]1[C@H](/C=C/c2ccc(-c3cccc(F)c3)cn2)[C@@H]2[C@@H](C)OC(=O)[C@]2(N)C[C@@H]1C. The average Bonchev–Trinajstić information content (AvgIpc) is 2.94. The van der Waals surface area contributed by atoms with Crippen molar-refractivity contribution in [1.29, 1.82) is 0 Å². The van der Waals surface area contributed by atoms with E-state index >= 15 is 0 Å². The molecule has 1 saturated heterocycles. The zero-order chi connectivity index (χ0) is 21.5. The number of hydrogen-bond donors (Lipinski definition) is 1. The maximum Gasteiger partial charge on any atom is 0.326 e. The van der Waals surface area contributed by atoms with Gasteiger partial charge in [-0.05, 0) is 60.9 Å². The van der Waals surface area contributed by atoms with Gasteiger partial charge in [0.15, 0.2) is 0 Å². The number of nitrogens with two attached hydrogens (primary N) is 1. The van der Waals surface area contributed by atoms with Gasteiger partial charge in [-0.15, -0.1) is 0 Å². The number of pyridine rings is 1. The van der Waals surface area contributed by atoms with Crippen LogP contribution in [0.5, 0.6) is 0 Å². The van der Waals surface area contributed by atoms with Gasteiger partial charge < -0.3 is 10.5 Å².